The zero-order valence-electron chi connectivity index (χ0n) is 30.0. The van der Waals surface area contributed by atoms with E-state index in [9.17, 15) is 10.1 Å². The molecule has 1 spiro atoms. The number of hydrogen-bond donors (Lipinski definition) is 2. The van der Waals surface area contributed by atoms with Crippen molar-refractivity contribution < 1.29 is 23.8 Å². The number of fused-ring (bicyclic) bond motifs is 2. The summed E-state index contributed by atoms with van der Waals surface area (Å²) in [5.74, 6) is 1.76. The minimum Gasteiger partial charge on any atom is -0.496 e. The lowest BCUT2D eigenvalue weighted by Crippen LogP contribution is -2.83. The lowest BCUT2D eigenvalue weighted by molar-refractivity contribution is -0.193. The van der Waals surface area contributed by atoms with Crippen molar-refractivity contribution in [2.24, 2.45) is 11.8 Å². The van der Waals surface area contributed by atoms with E-state index in [-0.39, 0.29) is 36.0 Å². The van der Waals surface area contributed by atoms with E-state index >= 15 is 4.79 Å². The fraction of sp³-hybridized carbons (Fsp3) is 0.718. The number of rotatable bonds is 8. The molecule has 6 unspecified atom stereocenters. The quantitative estimate of drug-likeness (QED) is 0.307. The molecule has 4 aliphatic heterocycles. The Morgan fingerprint density at radius 2 is 1.92 bits per heavy atom. The average molecular weight is 689 g/mol. The number of amides is 1. The predicted octanol–water partition coefficient (Wildman–Crippen LogP) is 3.97. The number of hydrogen-bond acceptors (Lipinski definition) is 10. The number of likely N-dealkylation sites (tertiary alicyclic amines) is 1. The van der Waals surface area contributed by atoms with Crippen LogP contribution in [-0.4, -0.2) is 109 Å². The Balaban J connectivity index is 1.27. The Bertz CT molecular complexity index is 1460. The number of nitriles is 1. The van der Waals surface area contributed by atoms with Gasteiger partial charge in [0.1, 0.15) is 11.5 Å². The Hall–Kier alpha value is -3.01. The van der Waals surface area contributed by atoms with Gasteiger partial charge in [0.05, 0.1) is 44.0 Å². The highest BCUT2D eigenvalue weighted by Crippen LogP contribution is 2.51. The van der Waals surface area contributed by atoms with Gasteiger partial charge in [-0.2, -0.15) is 5.26 Å². The fourth-order valence-corrected chi connectivity index (χ4v) is 10.4. The average Bonchev–Trinajstić information content (AvgIpc) is 3.36. The van der Waals surface area contributed by atoms with E-state index < -0.39 is 23.7 Å². The summed E-state index contributed by atoms with van der Waals surface area (Å²) < 4.78 is 19.2. The molecule has 2 saturated carbocycles. The Labute approximate surface area is 297 Å². The van der Waals surface area contributed by atoms with E-state index in [1.807, 2.05) is 23.1 Å². The number of nitrogens with zero attached hydrogens (tertiary/aromatic N) is 4. The third-order valence-corrected chi connectivity index (χ3v) is 13.0. The summed E-state index contributed by atoms with van der Waals surface area (Å²) in [6.45, 7) is 7.10. The monoisotopic (exact) mass is 688 g/mol. The zero-order chi connectivity index (χ0) is 34.9. The first-order chi connectivity index (χ1) is 24.3. The highest BCUT2D eigenvalue weighted by molar-refractivity contribution is 5.94. The Kier molecular flexibility index (Phi) is 10.6. The predicted molar refractivity (Wildman–Crippen MR) is 189 cm³/mol. The lowest BCUT2D eigenvalue weighted by atomic mass is 9.62. The number of carbonyl (C=O) groups is 2. The molecule has 2 aliphatic carbocycles. The Morgan fingerprint density at radius 3 is 2.64 bits per heavy atom. The molecule has 1 aromatic rings. The van der Waals surface area contributed by atoms with Crippen molar-refractivity contribution in [3.05, 3.63) is 36.4 Å². The molecule has 6 aliphatic rings. The molecular formula is C39H56N6O5. The molecule has 5 fully saturated rings. The van der Waals surface area contributed by atoms with Gasteiger partial charge in [-0.15, -0.1) is 0 Å². The van der Waals surface area contributed by atoms with E-state index in [4.69, 9.17) is 14.2 Å². The maximum Gasteiger partial charge on any atom is 0.246 e. The topological polar surface area (TPSA) is 119 Å². The van der Waals surface area contributed by atoms with Crippen LogP contribution in [0.25, 0.3) is 0 Å². The van der Waals surface area contributed by atoms with Crippen molar-refractivity contribution in [1.82, 2.24) is 25.3 Å². The molecule has 11 nitrogen and oxygen atoms in total. The molecule has 4 heterocycles. The van der Waals surface area contributed by atoms with Gasteiger partial charge in [0.15, 0.2) is 17.7 Å². The maximum absolute atomic E-state index is 15.2. The van der Waals surface area contributed by atoms with Crippen LogP contribution < -0.4 is 20.1 Å². The third kappa shape index (κ3) is 6.36. The molecule has 7 atom stereocenters. The van der Waals surface area contributed by atoms with Crippen molar-refractivity contribution in [3.8, 4) is 17.6 Å². The van der Waals surface area contributed by atoms with Gasteiger partial charge in [-0.3, -0.25) is 25.1 Å². The van der Waals surface area contributed by atoms with Crippen LogP contribution in [-0.2, 0) is 20.7 Å². The summed E-state index contributed by atoms with van der Waals surface area (Å²) >= 11 is 0. The summed E-state index contributed by atoms with van der Waals surface area (Å²) in [4.78, 5) is 34.9. The van der Waals surface area contributed by atoms with Gasteiger partial charge >= 0.3 is 0 Å². The summed E-state index contributed by atoms with van der Waals surface area (Å²) in [7, 11) is 3.84. The van der Waals surface area contributed by atoms with Gasteiger partial charge in [0.25, 0.3) is 0 Å². The zero-order valence-corrected chi connectivity index (χ0v) is 30.0. The van der Waals surface area contributed by atoms with Crippen molar-refractivity contribution in [3.63, 3.8) is 0 Å². The van der Waals surface area contributed by atoms with Gasteiger partial charge in [-0.1, -0.05) is 38.3 Å². The molecule has 2 N–H and O–H groups in total. The first-order valence-corrected chi connectivity index (χ1v) is 19.1. The number of carbonyl (C=O) groups excluding carboxylic acids is 2. The van der Waals surface area contributed by atoms with Crippen LogP contribution in [0, 0.1) is 23.2 Å². The molecule has 7 rings (SSSR count). The molecular weight excluding hydrogens is 632 g/mol. The lowest BCUT2D eigenvalue weighted by Gasteiger charge is -2.63. The number of methoxy groups -OCH3 is 1. The molecule has 1 aromatic carbocycles. The highest BCUT2D eigenvalue weighted by atomic mass is 16.5. The van der Waals surface area contributed by atoms with Crippen LogP contribution >= 0.6 is 0 Å². The minimum atomic E-state index is -0.922. The number of Topliss-reactive ketones (excluding diaryl/α,β-unsaturated/α-hetero) is 1. The van der Waals surface area contributed by atoms with E-state index in [1.54, 1.807) is 7.11 Å². The summed E-state index contributed by atoms with van der Waals surface area (Å²) in [5.41, 5.74) is -0.454. The number of nitrogens with one attached hydrogen (secondary N) is 2. The molecule has 11 heteroatoms. The molecule has 0 aromatic heterocycles. The summed E-state index contributed by atoms with van der Waals surface area (Å²) in [6.07, 6.45) is 12.9. The number of benzene rings is 1. The van der Waals surface area contributed by atoms with Gasteiger partial charge in [-0.25, -0.2) is 0 Å². The van der Waals surface area contributed by atoms with E-state index in [1.165, 1.54) is 18.9 Å². The van der Waals surface area contributed by atoms with Crippen molar-refractivity contribution in [2.45, 2.75) is 119 Å². The van der Waals surface area contributed by atoms with E-state index in [2.05, 4.69) is 40.1 Å². The SMILES string of the molecule is C=CC(=O)N1CCN(C2(C3CCCCCC3)NC(OCC3CCCN3C)NC3C(=O)[C@]4(CCc5c(OC)cccc5O4)CCC32)CC1CC#N. The van der Waals surface area contributed by atoms with Gasteiger partial charge in [-0.05, 0) is 89.1 Å². The molecule has 50 heavy (non-hydrogen) atoms. The second kappa shape index (κ2) is 14.9. The summed E-state index contributed by atoms with van der Waals surface area (Å²) in [5, 5.41) is 17.7. The number of likely N-dealkylation sites (N-methyl/N-ethyl adjacent to an activating group) is 1. The molecule has 0 bridgehead atoms. The summed E-state index contributed by atoms with van der Waals surface area (Å²) in [6, 6.07) is 7.81. The second-order valence-corrected chi connectivity index (χ2v) is 15.5. The maximum atomic E-state index is 15.2. The largest absolute Gasteiger partial charge is 0.496 e. The van der Waals surface area contributed by atoms with Crippen LogP contribution in [0.4, 0.5) is 0 Å². The van der Waals surface area contributed by atoms with Crippen LogP contribution in [0.5, 0.6) is 11.5 Å². The standard InChI is InChI=1S/C39H56N6O5/c1-4-34(46)45-24-23-44(25-28(45)18-21-40)39(27-11-7-5-6-8-12-27)31-17-20-38(19-16-30-32(48-3)14-9-15-33(30)50-38)36(47)35(31)41-37(42-39)49-26-29-13-10-22-43(29)2/h4,9,14-15,27-29,31,35,37,41-42H,1,5-8,10-13,16-20,22-26H2,2-3H3/t28?,29?,31?,35?,37?,38-,39?/m0/s1. The first kappa shape index (κ1) is 35.4. The van der Waals surface area contributed by atoms with E-state index in [0.29, 0.717) is 45.1 Å². The second-order valence-electron chi connectivity index (χ2n) is 15.5. The number of ketones is 1. The van der Waals surface area contributed by atoms with E-state index in [0.717, 1.165) is 75.0 Å². The third-order valence-electron chi connectivity index (χ3n) is 13.0. The smallest absolute Gasteiger partial charge is 0.246 e. The van der Waals surface area contributed by atoms with Gasteiger partial charge in [0, 0.05) is 37.2 Å². The van der Waals surface area contributed by atoms with Crippen LogP contribution in [0.3, 0.4) is 0 Å². The van der Waals surface area contributed by atoms with Crippen LogP contribution in [0.1, 0.15) is 82.6 Å². The van der Waals surface area contributed by atoms with Crippen LogP contribution in [0.15, 0.2) is 30.9 Å². The van der Waals surface area contributed by atoms with Crippen molar-refractivity contribution >= 4 is 11.7 Å². The highest BCUT2D eigenvalue weighted by Gasteiger charge is 2.64. The Morgan fingerprint density at radius 1 is 1.10 bits per heavy atom. The number of ether oxygens (including phenoxy) is 3. The number of piperazine rings is 1. The fourth-order valence-electron chi connectivity index (χ4n) is 10.4. The molecule has 1 amide bonds. The molecule has 3 saturated heterocycles. The van der Waals surface area contributed by atoms with Crippen LogP contribution in [0.2, 0.25) is 0 Å². The van der Waals surface area contributed by atoms with Crippen molar-refractivity contribution in [1.29, 1.82) is 5.26 Å². The molecule has 0 radical (unpaired) electrons. The molecule has 272 valence electrons. The van der Waals surface area contributed by atoms with Gasteiger partial charge in [0.2, 0.25) is 5.91 Å². The normalized spacial score (nSPS) is 35.4. The van der Waals surface area contributed by atoms with Crippen molar-refractivity contribution in [2.75, 3.05) is 46.9 Å². The minimum absolute atomic E-state index is 0.0440. The van der Waals surface area contributed by atoms with Gasteiger partial charge < -0.3 is 24.0 Å². The first-order valence-electron chi connectivity index (χ1n) is 19.1.